The number of nitrogens with zero attached hydrogens (tertiary/aromatic N) is 3. The molecule has 1 heterocycles. The Morgan fingerprint density at radius 3 is 1.68 bits per heavy atom. The summed E-state index contributed by atoms with van der Waals surface area (Å²) in [6.45, 7) is -4.21. The van der Waals surface area contributed by atoms with Crippen molar-refractivity contribution in [2.75, 3.05) is 57.4 Å². The summed E-state index contributed by atoms with van der Waals surface area (Å²) in [5.41, 5.74) is 14.8. The Kier molecular flexibility index (Phi) is 20.7. The van der Waals surface area contributed by atoms with E-state index in [1.54, 1.807) is 0 Å². The maximum atomic E-state index is 13.8. The van der Waals surface area contributed by atoms with E-state index in [0.717, 1.165) is 35.1 Å². The second-order valence-electron chi connectivity index (χ2n) is 14.8. The number of carbonyl (C=O) groups is 2. The number of guanidine groups is 1. The molecule has 3 rings (SSSR count). The molecule has 2 amide bonds. The summed E-state index contributed by atoms with van der Waals surface area (Å²) in [4.78, 5) is 32.6. The fourth-order valence-corrected chi connectivity index (χ4v) is 6.37. The number of hydroxylamine groups is 3. The van der Waals surface area contributed by atoms with Crippen LogP contribution in [0, 0.1) is 10.6 Å². The maximum absolute atomic E-state index is 13.8. The zero-order valence-electron chi connectivity index (χ0n) is 33.8. The monoisotopic (exact) mass is 895 g/mol. The number of anilines is 2. The lowest BCUT2D eigenvalue weighted by atomic mass is 9.99. The van der Waals surface area contributed by atoms with E-state index in [1.807, 2.05) is 48.5 Å². The number of rotatable bonds is 25. The summed E-state index contributed by atoms with van der Waals surface area (Å²) < 4.78 is -1.59. The SMILES string of the molecule is N=C(NCCCCc1ccc(-c2ccc(CCC(=O)NCC[N+]([O-])(CC(O)C(O)C(O)C(O)CO)CC(O)C(O)C(O)C(O)CO)cc2)cc1)NC(=O)c1nc(Cl)c(N)nc1N. The predicted molar refractivity (Wildman–Crippen MR) is 226 cm³/mol. The number of aryl methyl sites for hydroxylation is 2. The number of aliphatic hydroxyl groups is 10. The summed E-state index contributed by atoms with van der Waals surface area (Å²) in [6.07, 6.45) is -13.4. The zero-order valence-corrected chi connectivity index (χ0v) is 34.6. The van der Waals surface area contributed by atoms with Crippen LogP contribution in [-0.4, -0.2) is 178 Å². The third kappa shape index (κ3) is 15.9. The van der Waals surface area contributed by atoms with Crippen molar-refractivity contribution in [3.05, 3.63) is 75.7 Å². The first-order valence-electron chi connectivity index (χ1n) is 19.7. The molecule has 22 nitrogen and oxygen atoms in total. The number of hydrogen-bond acceptors (Lipinski definition) is 18. The van der Waals surface area contributed by atoms with Crippen molar-refractivity contribution >= 4 is 41.0 Å². The molecular formula is C39H58ClN9O13. The van der Waals surface area contributed by atoms with Gasteiger partial charge in [0.1, 0.15) is 61.9 Å². The van der Waals surface area contributed by atoms with Gasteiger partial charge < -0.3 is 83.0 Å². The van der Waals surface area contributed by atoms with Crippen molar-refractivity contribution in [2.45, 2.75) is 80.9 Å². The van der Waals surface area contributed by atoms with Gasteiger partial charge in [0.15, 0.2) is 28.4 Å². The molecule has 8 atom stereocenters. The van der Waals surface area contributed by atoms with E-state index in [-0.39, 0.29) is 41.4 Å². The Labute approximate surface area is 362 Å². The van der Waals surface area contributed by atoms with Gasteiger partial charge in [0.05, 0.1) is 26.3 Å². The lowest BCUT2D eigenvalue weighted by molar-refractivity contribution is -0.886. The first-order valence-corrected chi connectivity index (χ1v) is 20.1. The van der Waals surface area contributed by atoms with Crippen LogP contribution in [0.4, 0.5) is 11.6 Å². The van der Waals surface area contributed by atoms with Gasteiger partial charge in [-0.3, -0.25) is 20.3 Å². The molecule has 0 aliphatic heterocycles. The highest BCUT2D eigenvalue weighted by Gasteiger charge is 2.38. The standard InChI is InChI=1S/C39H58ClN9O13/c40-35-37(42)47-36(41)30(46-35)38(61)48-39(43)45-14-2-1-3-21-4-9-23(10-5-21)24-11-6-22(7-12-24)8-13-29(56)44-15-16-49(62,17-25(52)31(57)33(59)27(54)19-50)18-26(53)32(58)34(60)28(55)20-51/h4-7,9-12,25-28,31-34,50-55,57-60H,1-3,8,13-20H2,(H,44,56)(H4,41,42,47)(H3,43,45,48,61). The van der Waals surface area contributed by atoms with Crippen LogP contribution in [0.2, 0.25) is 5.15 Å². The summed E-state index contributed by atoms with van der Waals surface area (Å²) in [5, 5.41) is 128. The van der Waals surface area contributed by atoms with Crippen molar-refractivity contribution in [3.8, 4) is 11.1 Å². The number of nitrogens with one attached hydrogen (secondary N) is 4. The zero-order chi connectivity index (χ0) is 46.1. The molecule has 3 aromatic rings. The van der Waals surface area contributed by atoms with Gasteiger partial charge in [-0.1, -0.05) is 60.1 Å². The van der Waals surface area contributed by atoms with Crippen LogP contribution < -0.4 is 27.4 Å². The van der Waals surface area contributed by atoms with E-state index in [0.29, 0.717) is 19.4 Å². The highest BCUT2D eigenvalue weighted by molar-refractivity contribution is 6.31. The lowest BCUT2D eigenvalue weighted by Crippen LogP contribution is -2.60. The Morgan fingerprint density at radius 2 is 1.18 bits per heavy atom. The molecule has 1 aromatic heterocycles. The van der Waals surface area contributed by atoms with Crippen molar-refractivity contribution in [3.63, 3.8) is 0 Å². The Morgan fingerprint density at radius 1 is 0.694 bits per heavy atom. The molecule has 23 heteroatoms. The lowest BCUT2D eigenvalue weighted by Gasteiger charge is -2.46. The second kappa shape index (κ2) is 24.8. The molecule has 344 valence electrons. The Balaban J connectivity index is 1.45. The number of aromatic nitrogens is 2. The van der Waals surface area contributed by atoms with Crippen molar-refractivity contribution in [1.29, 1.82) is 5.41 Å². The van der Waals surface area contributed by atoms with Gasteiger partial charge in [-0.05, 0) is 47.9 Å². The Bertz CT molecular complexity index is 1850. The fraction of sp³-hybridized carbons (Fsp3) is 0.513. The van der Waals surface area contributed by atoms with Crippen LogP contribution in [0.25, 0.3) is 11.1 Å². The molecule has 0 saturated heterocycles. The van der Waals surface area contributed by atoms with Crippen LogP contribution >= 0.6 is 11.6 Å². The number of nitrogens with two attached hydrogens (primary N) is 2. The van der Waals surface area contributed by atoms with Gasteiger partial charge in [0.25, 0.3) is 5.91 Å². The predicted octanol–water partition coefficient (Wildman–Crippen LogP) is -3.53. The number of carbonyl (C=O) groups excluding carboxylic acids is 2. The van der Waals surface area contributed by atoms with Crippen molar-refractivity contribution in [2.24, 2.45) is 0 Å². The molecule has 18 N–H and O–H groups in total. The third-order valence-corrected chi connectivity index (χ3v) is 10.2. The number of halogens is 1. The largest absolute Gasteiger partial charge is 0.633 e. The quantitative estimate of drug-likeness (QED) is 0.0129. The first-order chi connectivity index (χ1) is 29.3. The van der Waals surface area contributed by atoms with Crippen LogP contribution in [0.1, 0.15) is 40.9 Å². The molecule has 62 heavy (non-hydrogen) atoms. The van der Waals surface area contributed by atoms with E-state index >= 15 is 0 Å². The minimum absolute atomic E-state index is 0.0284. The average Bonchev–Trinajstić information content (AvgIpc) is 3.25. The molecule has 0 aliphatic rings. The maximum Gasteiger partial charge on any atom is 0.280 e. The van der Waals surface area contributed by atoms with Gasteiger partial charge in [0, 0.05) is 13.0 Å². The van der Waals surface area contributed by atoms with Crippen molar-refractivity contribution in [1.82, 2.24) is 25.9 Å². The molecule has 0 aliphatic carbocycles. The number of nitrogen functional groups attached to an aromatic ring is 2. The fourth-order valence-electron chi connectivity index (χ4n) is 6.25. The van der Waals surface area contributed by atoms with Crippen LogP contribution in [-0.2, 0) is 17.6 Å². The van der Waals surface area contributed by atoms with E-state index in [1.165, 1.54) is 0 Å². The van der Waals surface area contributed by atoms with Gasteiger partial charge in [-0.15, -0.1) is 0 Å². The topological polar surface area (TPSA) is 397 Å². The van der Waals surface area contributed by atoms with Gasteiger partial charge in [-0.25, -0.2) is 9.97 Å². The van der Waals surface area contributed by atoms with Crippen LogP contribution in [0.15, 0.2) is 48.5 Å². The third-order valence-electron chi connectivity index (χ3n) is 9.97. The molecule has 0 saturated carbocycles. The summed E-state index contributed by atoms with van der Waals surface area (Å²) in [5.74, 6) is -1.74. The van der Waals surface area contributed by atoms with Gasteiger partial charge in [0.2, 0.25) is 5.91 Å². The van der Waals surface area contributed by atoms with Gasteiger partial charge >= 0.3 is 0 Å². The first kappa shape index (κ1) is 51.7. The summed E-state index contributed by atoms with van der Waals surface area (Å²) in [6, 6.07) is 15.6. The number of hydrogen-bond donors (Lipinski definition) is 16. The average molecular weight is 896 g/mol. The number of unbranched alkanes of at least 4 members (excludes halogenated alkanes) is 1. The van der Waals surface area contributed by atoms with E-state index in [4.69, 9.17) is 38.7 Å². The minimum Gasteiger partial charge on any atom is -0.633 e. The number of quaternary nitrogens is 1. The van der Waals surface area contributed by atoms with Crippen molar-refractivity contribution < 1.29 is 65.3 Å². The highest BCUT2D eigenvalue weighted by Crippen LogP contribution is 2.22. The van der Waals surface area contributed by atoms with E-state index < -0.39 is 98.1 Å². The molecule has 8 unspecified atom stereocenters. The molecule has 0 bridgehead atoms. The minimum atomic E-state index is -2.12. The number of aliphatic hydroxyl groups excluding tert-OH is 10. The number of amides is 2. The van der Waals surface area contributed by atoms with E-state index in [2.05, 4.69) is 25.9 Å². The molecule has 0 radical (unpaired) electrons. The summed E-state index contributed by atoms with van der Waals surface area (Å²) in [7, 11) is 0. The summed E-state index contributed by atoms with van der Waals surface area (Å²) >= 11 is 5.81. The van der Waals surface area contributed by atoms with Gasteiger partial charge in [-0.2, -0.15) is 0 Å². The highest BCUT2D eigenvalue weighted by atomic mass is 35.5. The normalized spacial score (nSPS) is 16.5. The van der Waals surface area contributed by atoms with Crippen LogP contribution in [0.3, 0.4) is 0 Å². The van der Waals surface area contributed by atoms with E-state index in [9.17, 15) is 55.6 Å². The molecular weight excluding hydrogens is 838 g/mol. The smallest absolute Gasteiger partial charge is 0.280 e. The molecule has 0 fully saturated rings. The molecule has 2 aromatic carbocycles. The second-order valence-corrected chi connectivity index (χ2v) is 15.2. The Hall–Kier alpha value is -4.66. The number of benzene rings is 2. The molecule has 0 spiro atoms. The van der Waals surface area contributed by atoms with Crippen LogP contribution in [0.5, 0.6) is 0 Å².